The van der Waals surface area contributed by atoms with Gasteiger partial charge in [-0.05, 0) is 60.9 Å². The molecule has 6 heteroatoms. The number of aliphatic hydroxyl groups excluding tert-OH is 1. The topological polar surface area (TPSA) is 93.9 Å². The molecule has 0 aliphatic rings. The third kappa shape index (κ3) is 3.97. The van der Waals surface area contributed by atoms with Gasteiger partial charge in [-0.15, -0.1) is 0 Å². The van der Waals surface area contributed by atoms with Crippen molar-refractivity contribution in [1.82, 2.24) is 9.97 Å². The monoisotopic (exact) mass is 345 g/mol. The molecule has 0 amide bonds. The average molecular weight is 345 g/mol. The molecule has 1 aromatic heterocycles. The molecule has 3 rings (SSSR count). The first-order chi connectivity index (χ1) is 12.6. The van der Waals surface area contributed by atoms with Gasteiger partial charge in [0.15, 0.2) is 0 Å². The number of benzene rings is 2. The Balaban J connectivity index is 1.80. The molecule has 3 N–H and O–H groups in total. The predicted octanol–water partition coefficient (Wildman–Crippen LogP) is 3.94. The first-order valence-corrected chi connectivity index (χ1v) is 8.17. The molecule has 0 fully saturated rings. The second-order valence-corrected chi connectivity index (χ2v) is 5.97. The minimum absolute atomic E-state index is 0.0220. The zero-order chi connectivity index (χ0) is 18.5. The Morgan fingerprint density at radius 3 is 2.35 bits per heavy atom. The minimum Gasteiger partial charge on any atom is -0.392 e. The highest BCUT2D eigenvalue weighted by Gasteiger charge is 2.07. The van der Waals surface area contributed by atoms with Gasteiger partial charge in [0.1, 0.15) is 5.82 Å². The van der Waals surface area contributed by atoms with Gasteiger partial charge in [0.05, 0.1) is 18.2 Å². The first kappa shape index (κ1) is 17.4. The van der Waals surface area contributed by atoms with Gasteiger partial charge in [-0.25, -0.2) is 4.98 Å². The Hall–Kier alpha value is -3.43. The highest BCUT2D eigenvalue weighted by molar-refractivity contribution is 5.66. The van der Waals surface area contributed by atoms with Crippen LogP contribution in [0.1, 0.15) is 22.3 Å². The van der Waals surface area contributed by atoms with Crippen LogP contribution in [0.15, 0.2) is 48.7 Å². The fourth-order valence-corrected chi connectivity index (χ4v) is 2.72. The van der Waals surface area contributed by atoms with Crippen molar-refractivity contribution in [3.8, 4) is 6.07 Å². The second kappa shape index (κ2) is 7.64. The van der Waals surface area contributed by atoms with Crippen molar-refractivity contribution < 1.29 is 5.11 Å². The van der Waals surface area contributed by atoms with E-state index in [4.69, 9.17) is 5.26 Å². The number of nitrogens with one attached hydrogen (secondary N) is 2. The van der Waals surface area contributed by atoms with Crippen LogP contribution in [0, 0.1) is 25.2 Å². The number of aryl methyl sites for hydroxylation is 2. The largest absolute Gasteiger partial charge is 0.392 e. The lowest BCUT2D eigenvalue weighted by molar-refractivity contribution is 0.281. The maximum Gasteiger partial charge on any atom is 0.229 e. The van der Waals surface area contributed by atoms with E-state index in [9.17, 15) is 5.11 Å². The number of rotatable bonds is 5. The number of nitriles is 1. The van der Waals surface area contributed by atoms with Crippen LogP contribution in [0.4, 0.5) is 23.1 Å². The van der Waals surface area contributed by atoms with Crippen LogP contribution in [0.2, 0.25) is 0 Å². The summed E-state index contributed by atoms with van der Waals surface area (Å²) >= 11 is 0. The van der Waals surface area contributed by atoms with Gasteiger partial charge in [-0.3, -0.25) is 0 Å². The number of hydrogen-bond acceptors (Lipinski definition) is 6. The molecule has 26 heavy (non-hydrogen) atoms. The molecule has 0 atom stereocenters. The summed E-state index contributed by atoms with van der Waals surface area (Å²) in [7, 11) is 0. The van der Waals surface area contributed by atoms with Crippen molar-refractivity contribution in [2.75, 3.05) is 10.6 Å². The molecular formula is C20H19N5O. The quantitative estimate of drug-likeness (QED) is 0.648. The summed E-state index contributed by atoms with van der Waals surface area (Å²) in [6.07, 6.45) is 1.67. The lowest BCUT2D eigenvalue weighted by Gasteiger charge is -2.14. The van der Waals surface area contributed by atoms with Gasteiger partial charge < -0.3 is 15.7 Å². The second-order valence-electron chi connectivity index (χ2n) is 5.97. The third-order valence-corrected chi connectivity index (χ3v) is 3.95. The average Bonchev–Trinajstić information content (AvgIpc) is 2.65. The van der Waals surface area contributed by atoms with E-state index in [-0.39, 0.29) is 6.61 Å². The molecule has 0 aliphatic carbocycles. The van der Waals surface area contributed by atoms with Crippen molar-refractivity contribution in [2.45, 2.75) is 20.5 Å². The summed E-state index contributed by atoms with van der Waals surface area (Å²) < 4.78 is 0. The van der Waals surface area contributed by atoms with Crippen LogP contribution in [0.25, 0.3) is 0 Å². The van der Waals surface area contributed by atoms with Crippen LogP contribution in [0.3, 0.4) is 0 Å². The number of aliphatic hydroxyl groups is 1. The molecule has 0 saturated heterocycles. The number of hydrogen-bond donors (Lipinski definition) is 3. The van der Waals surface area contributed by atoms with E-state index in [2.05, 4.69) is 26.7 Å². The highest BCUT2D eigenvalue weighted by atomic mass is 16.3. The van der Waals surface area contributed by atoms with Gasteiger partial charge in [0.25, 0.3) is 0 Å². The normalized spacial score (nSPS) is 10.2. The molecule has 1 heterocycles. The summed E-state index contributed by atoms with van der Waals surface area (Å²) in [5.74, 6) is 1.13. The van der Waals surface area contributed by atoms with E-state index in [1.165, 1.54) is 0 Å². The molecule has 130 valence electrons. The summed E-state index contributed by atoms with van der Waals surface area (Å²) in [5.41, 5.74) is 5.33. The lowest BCUT2D eigenvalue weighted by atomic mass is 10.0. The molecule has 0 spiro atoms. The first-order valence-electron chi connectivity index (χ1n) is 8.17. The fourth-order valence-electron chi connectivity index (χ4n) is 2.72. The molecular weight excluding hydrogens is 326 g/mol. The summed E-state index contributed by atoms with van der Waals surface area (Å²) in [4.78, 5) is 8.71. The van der Waals surface area contributed by atoms with E-state index in [1.807, 2.05) is 38.1 Å². The van der Waals surface area contributed by atoms with Gasteiger partial charge in [-0.2, -0.15) is 10.2 Å². The smallest absolute Gasteiger partial charge is 0.229 e. The molecule has 0 unspecified atom stereocenters. The number of nitrogens with zero attached hydrogens (tertiary/aromatic N) is 3. The molecule has 0 saturated carbocycles. The van der Waals surface area contributed by atoms with Crippen molar-refractivity contribution in [2.24, 2.45) is 0 Å². The van der Waals surface area contributed by atoms with Crippen molar-refractivity contribution >= 4 is 23.1 Å². The maximum atomic E-state index is 9.31. The molecule has 0 aliphatic heterocycles. The molecule has 3 aromatic rings. The lowest BCUT2D eigenvalue weighted by Crippen LogP contribution is -2.03. The third-order valence-electron chi connectivity index (χ3n) is 3.95. The van der Waals surface area contributed by atoms with Gasteiger partial charge in [-0.1, -0.05) is 12.1 Å². The maximum absolute atomic E-state index is 9.31. The molecule has 0 bridgehead atoms. The SMILES string of the molecule is Cc1cc(CO)cc(C)c1Nc1ccnc(Nc2ccc(C#N)cc2)n1. The number of aromatic nitrogens is 2. The van der Waals surface area contributed by atoms with Crippen LogP contribution in [-0.2, 0) is 6.61 Å². The van der Waals surface area contributed by atoms with Crippen molar-refractivity contribution in [3.63, 3.8) is 0 Å². The molecule has 6 nitrogen and oxygen atoms in total. The Morgan fingerprint density at radius 2 is 1.73 bits per heavy atom. The Morgan fingerprint density at radius 1 is 1.04 bits per heavy atom. The summed E-state index contributed by atoms with van der Waals surface area (Å²) in [5, 5.41) is 24.6. The molecule has 0 radical (unpaired) electrons. The van der Waals surface area contributed by atoms with E-state index in [0.717, 1.165) is 28.1 Å². The standard InChI is InChI=1S/C20H19N5O/c1-13-9-16(12-26)10-14(2)19(13)24-18-7-8-22-20(25-18)23-17-5-3-15(11-21)4-6-17/h3-10,26H,12H2,1-2H3,(H2,22,23,24,25). The van der Waals surface area contributed by atoms with Gasteiger partial charge in [0, 0.05) is 17.6 Å². The van der Waals surface area contributed by atoms with Crippen LogP contribution in [-0.4, -0.2) is 15.1 Å². The van der Waals surface area contributed by atoms with Crippen LogP contribution >= 0.6 is 0 Å². The van der Waals surface area contributed by atoms with E-state index in [1.54, 1.807) is 24.4 Å². The Kier molecular flexibility index (Phi) is 5.11. The predicted molar refractivity (Wildman–Crippen MR) is 102 cm³/mol. The van der Waals surface area contributed by atoms with Crippen LogP contribution in [0.5, 0.6) is 0 Å². The van der Waals surface area contributed by atoms with E-state index in [0.29, 0.717) is 17.3 Å². The summed E-state index contributed by atoms with van der Waals surface area (Å²) in [6.45, 7) is 4.01. The Bertz CT molecular complexity index is 938. The van der Waals surface area contributed by atoms with Gasteiger partial charge >= 0.3 is 0 Å². The van der Waals surface area contributed by atoms with Gasteiger partial charge in [0.2, 0.25) is 5.95 Å². The van der Waals surface area contributed by atoms with E-state index >= 15 is 0 Å². The summed E-state index contributed by atoms with van der Waals surface area (Å²) in [6, 6.07) is 14.9. The molecule has 2 aromatic carbocycles. The van der Waals surface area contributed by atoms with Crippen LogP contribution < -0.4 is 10.6 Å². The zero-order valence-electron chi connectivity index (χ0n) is 14.6. The number of anilines is 4. The van der Waals surface area contributed by atoms with Crippen molar-refractivity contribution in [3.05, 3.63) is 70.9 Å². The van der Waals surface area contributed by atoms with Crippen molar-refractivity contribution in [1.29, 1.82) is 5.26 Å². The fraction of sp³-hybridized carbons (Fsp3) is 0.150. The zero-order valence-corrected chi connectivity index (χ0v) is 14.6. The van der Waals surface area contributed by atoms with E-state index < -0.39 is 0 Å². The highest BCUT2D eigenvalue weighted by Crippen LogP contribution is 2.26. The minimum atomic E-state index is 0.0220. The Labute approximate surface area is 152 Å².